The van der Waals surface area contributed by atoms with Gasteiger partial charge >= 0.3 is 6.09 Å². The van der Waals surface area contributed by atoms with Crippen LogP contribution in [0.5, 0.6) is 0 Å². The Kier molecular flexibility index (Phi) is 5.82. The summed E-state index contributed by atoms with van der Waals surface area (Å²) in [6.45, 7) is 3.99. The minimum Gasteiger partial charge on any atom is -0.441 e. The maximum absolute atomic E-state index is 13.1. The van der Waals surface area contributed by atoms with E-state index in [9.17, 15) is 9.59 Å². The second-order valence-electron chi connectivity index (χ2n) is 9.08. The zero-order chi connectivity index (χ0) is 22.1. The van der Waals surface area contributed by atoms with Gasteiger partial charge in [-0.3, -0.25) is 14.6 Å². The molecule has 2 aromatic carbocycles. The fourth-order valence-electron chi connectivity index (χ4n) is 5.12. The summed E-state index contributed by atoms with van der Waals surface area (Å²) in [6, 6.07) is 15.8. The number of carbonyl (C=O) groups is 2. The monoisotopic (exact) mass is 453 g/mol. The summed E-state index contributed by atoms with van der Waals surface area (Å²) in [5, 5.41) is 0.592. The SMILES string of the molecule is O=C(CN1CCc2ccccc2C1)N1CCCC2(CC1)CN(c1cccc(Cl)c1)C(=O)O2. The topological polar surface area (TPSA) is 53.1 Å². The van der Waals surface area contributed by atoms with E-state index in [4.69, 9.17) is 16.3 Å². The molecule has 1 spiro atoms. The van der Waals surface area contributed by atoms with Crippen LogP contribution < -0.4 is 4.90 Å². The maximum atomic E-state index is 13.1. The molecule has 2 saturated heterocycles. The zero-order valence-corrected chi connectivity index (χ0v) is 18.9. The van der Waals surface area contributed by atoms with Crippen molar-refractivity contribution in [3.05, 3.63) is 64.7 Å². The first-order valence-electron chi connectivity index (χ1n) is 11.3. The summed E-state index contributed by atoms with van der Waals surface area (Å²) in [5.41, 5.74) is 2.92. The normalized spacial score (nSPS) is 23.7. The van der Waals surface area contributed by atoms with Crippen molar-refractivity contribution in [1.29, 1.82) is 0 Å². The third-order valence-corrected chi connectivity index (χ3v) is 7.14. The van der Waals surface area contributed by atoms with Crippen LogP contribution in [0.25, 0.3) is 0 Å². The quantitative estimate of drug-likeness (QED) is 0.702. The number of anilines is 1. The van der Waals surface area contributed by atoms with Crippen molar-refractivity contribution in [3.8, 4) is 0 Å². The molecular weight excluding hydrogens is 426 g/mol. The summed E-state index contributed by atoms with van der Waals surface area (Å²) in [4.78, 5) is 31.5. The molecule has 0 aliphatic carbocycles. The van der Waals surface area contributed by atoms with E-state index in [2.05, 4.69) is 29.2 Å². The highest BCUT2D eigenvalue weighted by atomic mass is 35.5. The molecule has 0 N–H and O–H groups in total. The van der Waals surface area contributed by atoms with Gasteiger partial charge in [0.15, 0.2) is 0 Å². The van der Waals surface area contributed by atoms with Gasteiger partial charge in [0.1, 0.15) is 5.60 Å². The number of benzene rings is 2. The van der Waals surface area contributed by atoms with Gasteiger partial charge in [0.05, 0.1) is 13.1 Å². The van der Waals surface area contributed by atoms with Crippen LogP contribution in [0.4, 0.5) is 10.5 Å². The second kappa shape index (κ2) is 8.75. The molecule has 0 radical (unpaired) electrons. The molecule has 168 valence electrons. The third kappa shape index (κ3) is 4.34. The van der Waals surface area contributed by atoms with Crippen LogP contribution in [0, 0.1) is 0 Å². The number of halogens is 1. The van der Waals surface area contributed by atoms with Gasteiger partial charge in [0.25, 0.3) is 0 Å². The molecule has 7 heteroatoms. The van der Waals surface area contributed by atoms with Crippen LogP contribution in [-0.2, 0) is 22.5 Å². The summed E-state index contributed by atoms with van der Waals surface area (Å²) in [6.07, 6.45) is 2.90. The molecule has 2 amide bonds. The van der Waals surface area contributed by atoms with Gasteiger partial charge in [-0.25, -0.2) is 4.79 Å². The lowest BCUT2D eigenvalue weighted by Gasteiger charge is -2.30. The van der Waals surface area contributed by atoms with E-state index < -0.39 is 5.60 Å². The molecule has 32 heavy (non-hydrogen) atoms. The second-order valence-corrected chi connectivity index (χ2v) is 9.52. The summed E-state index contributed by atoms with van der Waals surface area (Å²) in [7, 11) is 0. The molecule has 2 fully saturated rings. The van der Waals surface area contributed by atoms with Crippen LogP contribution in [0.3, 0.4) is 0 Å². The molecule has 1 atom stereocenters. The molecule has 1 unspecified atom stereocenters. The van der Waals surface area contributed by atoms with E-state index in [1.807, 2.05) is 17.0 Å². The number of ether oxygens (including phenoxy) is 1. The summed E-state index contributed by atoms with van der Waals surface area (Å²) in [5.74, 6) is 0.164. The van der Waals surface area contributed by atoms with Crippen molar-refractivity contribution in [2.24, 2.45) is 0 Å². The van der Waals surface area contributed by atoms with Crippen LogP contribution in [-0.4, -0.2) is 60.1 Å². The van der Waals surface area contributed by atoms with Gasteiger partial charge in [0.2, 0.25) is 5.91 Å². The Morgan fingerprint density at radius 1 is 1.03 bits per heavy atom. The molecule has 6 nitrogen and oxygen atoms in total. The maximum Gasteiger partial charge on any atom is 0.415 e. The number of hydrogen-bond acceptors (Lipinski definition) is 4. The van der Waals surface area contributed by atoms with Crippen LogP contribution in [0.15, 0.2) is 48.5 Å². The lowest BCUT2D eigenvalue weighted by atomic mass is 9.95. The molecular formula is C25H28ClN3O3. The van der Waals surface area contributed by atoms with Crippen molar-refractivity contribution < 1.29 is 14.3 Å². The Morgan fingerprint density at radius 3 is 2.72 bits per heavy atom. The standard InChI is InChI=1S/C25H28ClN3O3/c26-21-7-3-8-22(15-21)29-18-25(32-24(29)31)10-4-12-28(14-11-25)23(30)17-27-13-9-19-5-1-2-6-20(19)16-27/h1-3,5-8,15H,4,9-14,16-18H2. The van der Waals surface area contributed by atoms with E-state index >= 15 is 0 Å². The molecule has 0 saturated carbocycles. The van der Waals surface area contributed by atoms with Crippen molar-refractivity contribution in [3.63, 3.8) is 0 Å². The van der Waals surface area contributed by atoms with Gasteiger partial charge in [-0.1, -0.05) is 41.9 Å². The van der Waals surface area contributed by atoms with Crippen molar-refractivity contribution in [2.45, 2.75) is 37.8 Å². The highest BCUT2D eigenvalue weighted by Gasteiger charge is 2.46. The first kappa shape index (κ1) is 21.3. The lowest BCUT2D eigenvalue weighted by molar-refractivity contribution is -0.132. The molecule has 3 heterocycles. The van der Waals surface area contributed by atoms with Crippen molar-refractivity contribution in [2.75, 3.05) is 37.6 Å². The first-order chi connectivity index (χ1) is 15.5. The molecule has 0 aromatic heterocycles. The van der Waals surface area contributed by atoms with Crippen molar-refractivity contribution >= 4 is 29.3 Å². The predicted molar refractivity (Wildman–Crippen MR) is 124 cm³/mol. The number of carbonyl (C=O) groups excluding carboxylic acids is 2. The van der Waals surface area contributed by atoms with Gasteiger partial charge in [-0.15, -0.1) is 0 Å². The van der Waals surface area contributed by atoms with Gasteiger partial charge in [-0.05, 0) is 48.6 Å². The zero-order valence-electron chi connectivity index (χ0n) is 18.1. The Labute approximate surface area is 193 Å². The van der Waals surface area contributed by atoms with E-state index in [0.717, 1.165) is 38.0 Å². The number of likely N-dealkylation sites (tertiary alicyclic amines) is 1. The van der Waals surface area contributed by atoms with E-state index in [0.29, 0.717) is 37.6 Å². The highest BCUT2D eigenvalue weighted by molar-refractivity contribution is 6.30. The van der Waals surface area contributed by atoms with Gasteiger partial charge in [0, 0.05) is 43.3 Å². The average molecular weight is 454 g/mol. The van der Waals surface area contributed by atoms with Crippen LogP contribution >= 0.6 is 11.6 Å². The minimum atomic E-state index is -0.543. The fourth-order valence-corrected chi connectivity index (χ4v) is 5.31. The highest BCUT2D eigenvalue weighted by Crippen LogP contribution is 2.36. The van der Waals surface area contributed by atoms with Crippen LogP contribution in [0.1, 0.15) is 30.4 Å². The fraction of sp³-hybridized carbons (Fsp3) is 0.440. The Balaban J connectivity index is 1.20. The molecule has 3 aliphatic heterocycles. The molecule has 5 rings (SSSR count). The summed E-state index contributed by atoms with van der Waals surface area (Å²) >= 11 is 6.11. The number of nitrogens with zero attached hydrogens (tertiary/aromatic N) is 3. The summed E-state index contributed by atoms with van der Waals surface area (Å²) < 4.78 is 5.89. The Bertz CT molecular complexity index is 1030. The van der Waals surface area contributed by atoms with E-state index in [-0.39, 0.29) is 12.0 Å². The molecule has 2 aromatic rings. The average Bonchev–Trinajstić information content (AvgIpc) is 2.97. The largest absolute Gasteiger partial charge is 0.441 e. The number of amides is 2. The molecule has 0 bridgehead atoms. The Hall–Kier alpha value is -2.57. The number of hydrogen-bond donors (Lipinski definition) is 0. The van der Waals surface area contributed by atoms with Gasteiger partial charge < -0.3 is 9.64 Å². The van der Waals surface area contributed by atoms with Crippen LogP contribution in [0.2, 0.25) is 5.02 Å². The third-order valence-electron chi connectivity index (χ3n) is 6.91. The van der Waals surface area contributed by atoms with E-state index in [1.165, 1.54) is 11.1 Å². The number of rotatable bonds is 3. The Morgan fingerprint density at radius 2 is 1.88 bits per heavy atom. The minimum absolute atomic E-state index is 0.164. The van der Waals surface area contributed by atoms with Crippen molar-refractivity contribution in [1.82, 2.24) is 9.80 Å². The first-order valence-corrected chi connectivity index (χ1v) is 11.7. The predicted octanol–water partition coefficient (Wildman–Crippen LogP) is 4.11. The number of fused-ring (bicyclic) bond motifs is 1. The lowest BCUT2D eigenvalue weighted by Crippen LogP contribution is -2.43. The van der Waals surface area contributed by atoms with E-state index in [1.54, 1.807) is 17.0 Å². The van der Waals surface area contributed by atoms with Gasteiger partial charge in [-0.2, -0.15) is 0 Å². The smallest absolute Gasteiger partial charge is 0.415 e. The molecule has 3 aliphatic rings.